The van der Waals surface area contributed by atoms with Crippen LogP contribution in [0, 0.1) is 0 Å². The molecule has 2 rings (SSSR count). The standard InChI is InChI=1S/C21H32N4O3.HI/c1-5-26-9-10-27-15-18-8-6-7-17(11-18)13-23-21(22-4)24-14-19-12-20(16(2)3)25-28-19;/h6-8,11-12,16H,5,9-10,13-15H2,1-4H3,(H2,22,23,24);1H. The first-order chi connectivity index (χ1) is 13.6. The molecule has 162 valence electrons. The van der Waals surface area contributed by atoms with Gasteiger partial charge in [-0.25, -0.2) is 0 Å². The summed E-state index contributed by atoms with van der Waals surface area (Å²) in [5.74, 6) is 1.85. The number of hydrogen-bond donors (Lipinski definition) is 2. The molecular formula is C21H33IN4O3. The molecule has 2 aromatic rings. The van der Waals surface area contributed by atoms with Crippen LogP contribution >= 0.6 is 24.0 Å². The molecule has 0 aliphatic rings. The molecule has 0 aliphatic carbocycles. The summed E-state index contributed by atoms with van der Waals surface area (Å²) >= 11 is 0. The fourth-order valence-electron chi connectivity index (χ4n) is 2.54. The van der Waals surface area contributed by atoms with Gasteiger partial charge in [0, 0.05) is 26.3 Å². The summed E-state index contributed by atoms with van der Waals surface area (Å²) in [5.41, 5.74) is 3.26. The number of guanidine groups is 1. The Labute approximate surface area is 190 Å². The molecule has 7 nitrogen and oxygen atoms in total. The van der Waals surface area contributed by atoms with E-state index in [9.17, 15) is 0 Å². The Balaban J connectivity index is 0.00000420. The summed E-state index contributed by atoms with van der Waals surface area (Å²) in [4.78, 5) is 4.25. The zero-order valence-electron chi connectivity index (χ0n) is 17.7. The topological polar surface area (TPSA) is 80.9 Å². The first-order valence-corrected chi connectivity index (χ1v) is 9.75. The van der Waals surface area contributed by atoms with Crippen molar-refractivity contribution in [2.24, 2.45) is 4.99 Å². The summed E-state index contributed by atoms with van der Waals surface area (Å²) in [6.07, 6.45) is 0. The van der Waals surface area contributed by atoms with Gasteiger partial charge in [-0.3, -0.25) is 4.99 Å². The van der Waals surface area contributed by atoms with Crippen molar-refractivity contribution in [1.29, 1.82) is 0 Å². The lowest BCUT2D eigenvalue weighted by atomic mass is 10.1. The predicted molar refractivity (Wildman–Crippen MR) is 126 cm³/mol. The maximum absolute atomic E-state index is 5.63. The molecule has 0 radical (unpaired) electrons. The molecule has 0 saturated carbocycles. The summed E-state index contributed by atoms with van der Waals surface area (Å²) in [7, 11) is 1.75. The highest BCUT2D eigenvalue weighted by Gasteiger charge is 2.08. The smallest absolute Gasteiger partial charge is 0.191 e. The van der Waals surface area contributed by atoms with E-state index in [4.69, 9.17) is 14.0 Å². The van der Waals surface area contributed by atoms with Gasteiger partial charge < -0.3 is 24.6 Å². The molecule has 0 fully saturated rings. The van der Waals surface area contributed by atoms with Crippen LogP contribution in [0.3, 0.4) is 0 Å². The third kappa shape index (κ3) is 9.60. The van der Waals surface area contributed by atoms with Crippen molar-refractivity contribution >= 4 is 29.9 Å². The maximum atomic E-state index is 5.63. The fourth-order valence-corrected chi connectivity index (χ4v) is 2.54. The molecule has 0 amide bonds. The van der Waals surface area contributed by atoms with Crippen LogP contribution in [-0.4, -0.2) is 38.0 Å². The molecule has 0 bridgehead atoms. The Morgan fingerprint density at radius 1 is 1.10 bits per heavy atom. The van der Waals surface area contributed by atoms with Crippen LogP contribution in [0.2, 0.25) is 0 Å². The average molecular weight is 516 g/mol. The van der Waals surface area contributed by atoms with Crippen LogP contribution in [0.1, 0.15) is 49.3 Å². The summed E-state index contributed by atoms with van der Waals surface area (Å²) in [6, 6.07) is 10.3. The van der Waals surface area contributed by atoms with Crippen molar-refractivity contribution in [2.45, 2.75) is 46.4 Å². The van der Waals surface area contributed by atoms with Gasteiger partial charge in [0.2, 0.25) is 0 Å². The second-order valence-electron chi connectivity index (χ2n) is 6.72. The van der Waals surface area contributed by atoms with Crippen LogP contribution in [0.25, 0.3) is 0 Å². The van der Waals surface area contributed by atoms with E-state index >= 15 is 0 Å². The predicted octanol–water partition coefficient (Wildman–Crippen LogP) is 3.83. The van der Waals surface area contributed by atoms with Crippen molar-refractivity contribution in [3.63, 3.8) is 0 Å². The Kier molecular flexibility index (Phi) is 12.6. The average Bonchev–Trinajstić information content (AvgIpc) is 3.18. The highest BCUT2D eigenvalue weighted by atomic mass is 127. The van der Waals surface area contributed by atoms with Crippen molar-refractivity contribution in [2.75, 3.05) is 26.9 Å². The molecule has 0 atom stereocenters. The Hall–Kier alpha value is -1.65. The lowest BCUT2D eigenvalue weighted by molar-refractivity contribution is 0.0453. The van der Waals surface area contributed by atoms with Crippen LogP contribution < -0.4 is 10.6 Å². The van der Waals surface area contributed by atoms with Gasteiger partial charge in [-0.05, 0) is 24.0 Å². The number of halogens is 1. The van der Waals surface area contributed by atoms with Gasteiger partial charge in [-0.1, -0.05) is 43.3 Å². The Morgan fingerprint density at radius 2 is 1.83 bits per heavy atom. The first kappa shape index (κ1) is 25.4. The Bertz CT molecular complexity index is 734. The molecule has 29 heavy (non-hydrogen) atoms. The van der Waals surface area contributed by atoms with Gasteiger partial charge in [0.05, 0.1) is 32.1 Å². The van der Waals surface area contributed by atoms with Crippen LogP contribution in [0.15, 0.2) is 39.8 Å². The van der Waals surface area contributed by atoms with E-state index in [1.54, 1.807) is 7.05 Å². The highest BCUT2D eigenvalue weighted by molar-refractivity contribution is 14.0. The number of nitrogens with zero attached hydrogens (tertiary/aromatic N) is 2. The quantitative estimate of drug-likeness (QED) is 0.205. The van der Waals surface area contributed by atoms with E-state index in [0.29, 0.717) is 44.8 Å². The number of aliphatic imine (C=N–C) groups is 1. The van der Waals surface area contributed by atoms with Crippen LogP contribution in [-0.2, 0) is 29.2 Å². The van der Waals surface area contributed by atoms with E-state index in [2.05, 4.69) is 52.8 Å². The monoisotopic (exact) mass is 516 g/mol. The van der Waals surface area contributed by atoms with E-state index in [1.165, 1.54) is 0 Å². The number of ether oxygens (including phenoxy) is 2. The van der Waals surface area contributed by atoms with E-state index < -0.39 is 0 Å². The summed E-state index contributed by atoms with van der Waals surface area (Å²) < 4.78 is 16.2. The molecule has 1 aromatic carbocycles. The molecule has 0 saturated heterocycles. The zero-order chi connectivity index (χ0) is 20.2. The maximum Gasteiger partial charge on any atom is 0.191 e. The number of hydrogen-bond acceptors (Lipinski definition) is 5. The molecule has 0 aliphatic heterocycles. The minimum Gasteiger partial charge on any atom is -0.379 e. The molecule has 1 heterocycles. The zero-order valence-corrected chi connectivity index (χ0v) is 20.1. The minimum atomic E-state index is 0. The van der Waals surface area contributed by atoms with Crippen LogP contribution in [0.4, 0.5) is 0 Å². The van der Waals surface area contributed by atoms with Crippen LogP contribution in [0.5, 0.6) is 0 Å². The second kappa shape index (κ2) is 14.4. The fraction of sp³-hybridized carbons (Fsp3) is 0.524. The van der Waals surface area contributed by atoms with Gasteiger partial charge >= 0.3 is 0 Å². The Morgan fingerprint density at radius 3 is 2.52 bits per heavy atom. The number of benzene rings is 1. The molecule has 2 N–H and O–H groups in total. The second-order valence-corrected chi connectivity index (χ2v) is 6.72. The summed E-state index contributed by atoms with van der Waals surface area (Å²) in [5, 5.41) is 10.6. The van der Waals surface area contributed by atoms with Gasteiger partial charge in [-0.15, -0.1) is 24.0 Å². The van der Waals surface area contributed by atoms with Crippen molar-refractivity contribution in [3.8, 4) is 0 Å². The van der Waals surface area contributed by atoms with Crippen molar-refractivity contribution in [1.82, 2.24) is 15.8 Å². The molecule has 1 aromatic heterocycles. The molecular weight excluding hydrogens is 483 g/mol. The van der Waals surface area contributed by atoms with Gasteiger partial charge in [0.15, 0.2) is 11.7 Å². The SMILES string of the molecule is CCOCCOCc1cccc(CNC(=NC)NCc2cc(C(C)C)no2)c1.I. The van der Waals surface area contributed by atoms with Crippen molar-refractivity contribution < 1.29 is 14.0 Å². The van der Waals surface area contributed by atoms with Crippen molar-refractivity contribution in [3.05, 3.63) is 52.9 Å². The third-order valence-corrected chi connectivity index (χ3v) is 4.12. The van der Waals surface area contributed by atoms with E-state index in [-0.39, 0.29) is 24.0 Å². The normalized spacial score (nSPS) is 11.4. The highest BCUT2D eigenvalue weighted by Crippen LogP contribution is 2.13. The molecule has 0 unspecified atom stereocenters. The molecule has 8 heteroatoms. The summed E-state index contributed by atoms with van der Waals surface area (Å²) in [6.45, 7) is 9.89. The lowest BCUT2D eigenvalue weighted by Gasteiger charge is -2.12. The van der Waals surface area contributed by atoms with Gasteiger partial charge in [0.25, 0.3) is 0 Å². The third-order valence-electron chi connectivity index (χ3n) is 4.12. The molecule has 0 spiro atoms. The minimum absolute atomic E-state index is 0. The van der Waals surface area contributed by atoms with Gasteiger partial charge in [-0.2, -0.15) is 0 Å². The number of rotatable bonds is 11. The van der Waals surface area contributed by atoms with E-state index in [0.717, 1.165) is 29.2 Å². The largest absolute Gasteiger partial charge is 0.379 e. The number of aromatic nitrogens is 1. The first-order valence-electron chi connectivity index (χ1n) is 9.75. The van der Waals surface area contributed by atoms with E-state index in [1.807, 2.05) is 19.1 Å². The van der Waals surface area contributed by atoms with Gasteiger partial charge in [0.1, 0.15) is 0 Å². The number of nitrogens with one attached hydrogen (secondary N) is 2. The lowest BCUT2D eigenvalue weighted by Crippen LogP contribution is -2.36.